The van der Waals surface area contributed by atoms with E-state index in [0.717, 1.165) is 0 Å². The molecule has 2 heterocycles. The van der Waals surface area contributed by atoms with Gasteiger partial charge in [0.25, 0.3) is 0 Å². The third kappa shape index (κ3) is 3.45. The molecular weight excluding hydrogens is 402 g/mol. The zero-order valence-electron chi connectivity index (χ0n) is 17.9. The number of nitrogens with one attached hydrogen (secondary N) is 1. The molecule has 8 nitrogen and oxygen atoms in total. The van der Waals surface area contributed by atoms with Crippen LogP contribution < -0.4 is 14.8 Å². The van der Waals surface area contributed by atoms with Gasteiger partial charge in [-0.2, -0.15) is 0 Å². The Balaban J connectivity index is 1.87. The van der Waals surface area contributed by atoms with E-state index >= 15 is 0 Å². The normalized spacial score (nSPS) is 24.5. The van der Waals surface area contributed by atoms with E-state index in [0.29, 0.717) is 46.0 Å². The summed E-state index contributed by atoms with van der Waals surface area (Å²) in [5.41, 5.74) is 2.75. The summed E-state index contributed by atoms with van der Waals surface area (Å²) in [6, 6.07) is 5.33. The van der Waals surface area contributed by atoms with Crippen LogP contribution in [-0.2, 0) is 23.9 Å². The van der Waals surface area contributed by atoms with Gasteiger partial charge in [0.1, 0.15) is 5.92 Å². The van der Waals surface area contributed by atoms with Crippen LogP contribution in [0.25, 0.3) is 0 Å². The molecule has 0 fully saturated rings. The molecule has 0 radical (unpaired) electrons. The molecule has 3 aliphatic rings. The molecule has 1 aromatic rings. The number of benzene rings is 1. The number of ketones is 1. The Bertz CT molecular complexity index is 1020. The summed E-state index contributed by atoms with van der Waals surface area (Å²) < 4.78 is 21.1. The molecule has 0 spiro atoms. The van der Waals surface area contributed by atoms with E-state index in [2.05, 4.69) is 5.32 Å². The lowest BCUT2D eigenvalue weighted by Crippen LogP contribution is -2.43. The number of hydrogen-bond donors (Lipinski definition) is 1. The number of dihydropyridines is 1. The minimum absolute atomic E-state index is 0.111. The smallest absolute Gasteiger partial charge is 0.336 e. The summed E-state index contributed by atoms with van der Waals surface area (Å²) in [5, 5.41) is 3.23. The van der Waals surface area contributed by atoms with E-state index in [1.165, 1.54) is 7.11 Å². The zero-order chi connectivity index (χ0) is 22.3. The van der Waals surface area contributed by atoms with Gasteiger partial charge >= 0.3 is 11.9 Å². The van der Waals surface area contributed by atoms with Crippen molar-refractivity contribution in [2.45, 2.75) is 33.1 Å². The lowest BCUT2D eigenvalue weighted by Gasteiger charge is -2.38. The van der Waals surface area contributed by atoms with Gasteiger partial charge in [0, 0.05) is 22.9 Å². The van der Waals surface area contributed by atoms with Gasteiger partial charge in [0.05, 0.1) is 19.3 Å². The van der Waals surface area contributed by atoms with Crippen LogP contribution in [0, 0.1) is 11.8 Å². The van der Waals surface area contributed by atoms with Crippen molar-refractivity contribution in [2.24, 2.45) is 11.8 Å². The lowest BCUT2D eigenvalue weighted by atomic mass is 9.69. The number of rotatable bonds is 4. The van der Waals surface area contributed by atoms with Crippen molar-refractivity contribution in [1.29, 1.82) is 0 Å². The van der Waals surface area contributed by atoms with Crippen molar-refractivity contribution in [3.63, 3.8) is 0 Å². The molecule has 1 N–H and O–H groups in total. The molecule has 164 valence electrons. The number of carbonyl (C=O) groups is 3. The van der Waals surface area contributed by atoms with Gasteiger partial charge in [-0.1, -0.05) is 13.0 Å². The molecule has 0 amide bonds. The highest BCUT2D eigenvalue weighted by Gasteiger charge is 2.47. The highest BCUT2D eigenvalue weighted by molar-refractivity contribution is 6.12. The van der Waals surface area contributed by atoms with Gasteiger partial charge < -0.3 is 24.3 Å². The second-order valence-corrected chi connectivity index (χ2v) is 7.87. The number of fused-ring (bicyclic) bond motifs is 1. The first-order valence-electron chi connectivity index (χ1n) is 10.3. The first-order valence-corrected chi connectivity index (χ1v) is 10.3. The highest BCUT2D eigenvalue weighted by Crippen LogP contribution is 2.47. The van der Waals surface area contributed by atoms with Crippen LogP contribution in [0.3, 0.4) is 0 Å². The van der Waals surface area contributed by atoms with Gasteiger partial charge in [-0.25, -0.2) is 4.79 Å². The second kappa shape index (κ2) is 8.09. The predicted octanol–water partition coefficient (Wildman–Crippen LogP) is 2.59. The number of hydrogen-bond acceptors (Lipinski definition) is 8. The molecule has 31 heavy (non-hydrogen) atoms. The predicted molar refractivity (Wildman–Crippen MR) is 109 cm³/mol. The Morgan fingerprint density at radius 1 is 1.23 bits per heavy atom. The SMILES string of the molecule is CCOC(=O)C1=C(C)NC2=C(C(=O)[C@@H](C(=O)OC)[C@H](C)C2)[C@@H]1c1ccc2c(c1)OCO2. The van der Waals surface area contributed by atoms with Crippen molar-refractivity contribution in [1.82, 2.24) is 5.32 Å². The molecule has 1 aromatic carbocycles. The van der Waals surface area contributed by atoms with E-state index in [9.17, 15) is 14.4 Å². The molecular formula is C23H25NO7. The van der Waals surface area contributed by atoms with Gasteiger partial charge in [-0.3, -0.25) is 9.59 Å². The van der Waals surface area contributed by atoms with Crippen molar-refractivity contribution >= 4 is 17.7 Å². The molecule has 0 unspecified atom stereocenters. The van der Waals surface area contributed by atoms with Crippen LogP contribution in [-0.4, -0.2) is 38.2 Å². The zero-order valence-corrected chi connectivity index (χ0v) is 17.9. The minimum atomic E-state index is -0.927. The maximum atomic E-state index is 13.6. The largest absolute Gasteiger partial charge is 0.468 e. The van der Waals surface area contributed by atoms with Crippen LogP contribution >= 0.6 is 0 Å². The first kappa shape index (κ1) is 21.0. The van der Waals surface area contributed by atoms with Crippen LogP contribution in [0.15, 0.2) is 40.7 Å². The monoisotopic (exact) mass is 427 g/mol. The van der Waals surface area contributed by atoms with E-state index < -0.39 is 23.8 Å². The fourth-order valence-electron chi connectivity index (χ4n) is 4.59. The standard InChI is InChI=1S/C23H25NO7/c1-5-29-23(27)18-12(3)24-14-8-11(2)17(22(26)28-4)21(25)20(14)19(18)13-6-7-15-16(9-13)31-10-30-15/h6-7,9,11,17,19,24H,5,8,10H2,1-4H3/t11-,17+,19-/m1/s1. The number of Topliss-reactive ketones (excluding diaryl/α,β-unsaturated/α-hetero) is 1. The number of carbonyl (C=O) groups excluding carboxylic acids is 3. The Morgan fingerprint density at radius 2 is 1.97 bits per heavy atom. The highest BCUT2D eigenvalue weighted by atomic mass is 16.7. The summed E-state index contributed by atoms with van der Waals surface area (Å²) in [6.07, 6.45) is 0.481. The number of methoxy groups -OCH3 is 1. The van der Waals surface area contributed by atoms with Crippen LogP contribution in [0.1, 0.15) is 38.7 Å². The van der Waals surface area contributed by atoms with Crippen molar-refractivity contribution in [3.05, 3.63) is 46.3 Å². The fraction of sp³-hybridized carbons (Fsp3) is 0.435. The summed E-state index contributed by atoms with van der Waals surface area (Å²) in [5.74, 6) is -2.15. The Morgan fingerprint density at radius 3 is 2.68 bits per heavy atom. The number of allylic oxidation sites excluding steroid dienone is 3. The van der Waals surface area contributed by atoms with Crippen molar-refractivity contribution in [3.8, 4) is 11.5 Å². The molecule has 0 saturated heterocycles. The average Bonchev–Trinajstić information content (AvgIpc) is 3.20. The Kier molecular flexibility index (Phi) is 5.47. The topological polar surface area (TPSA) is 100 Å². The van der Waals surface area contributed by atoms with Crippen LogP contribution in [0.2, 0.25) is 0 Å². The van der Waals surface area contributed by atoms with E-state index in [1.54, 1.807) is 32.0 Å². The van der Waals surface area contributed by atoms with E-state index in [-0.39, 0.29) is 25.1 Å². The second-order valence-electron chi connectivity index (χ2n) is 7.87. The lowest BCUT2D eigenvalue weighted by molar-refractivity contribution is -0.151. The molecule has 2 aliphatic heterocycles. The fourth-order valence-corrected chi connectivity index (χ4v) is 4.59. The average molecular weight is 427 g/mol. The summed E-state index contributed by atoms with van der Waals surface area (Å²) >= 11 is 0. The minimum Gasteiger partial charge on any atom is -0.468 e. The van der Waals surface area contributed by atoms with Crippen LogP contribution in [0.4, 0.5) is 0 Å². The van der Waals surface area contributed by atoms with Crippen molar-refractivity contribution < 1.29 is 33.3 Å². The third-order valence-electron chi connectivity index (χ3n) is 5.97. The molecule has 3 atom stereocenters. The quantitative estimate of drug-likeness (QED) is 0.578. The first-order chi connectivity index (χ1) is 14.9. The van der Waals surface area contributed by atoms with Gasteiger partial charge in [0.2, 0.25) is 6.79 Å². The molecule has 0 bridgehead atoms. The number of ether oxygens (including phenoxy) is 4. The molecule has 0 saturated carbocycles. The van der Waals surface area contributed by atoms with Gasteiger partial charge in [-0.15, -0.1) is 0 Å². The molecule has 4 rings (SSSR count). The van der Waals surface area contributed by atoms with E-state index in [1.807, 2.05) is 6.92 Å². The Labute approximate surface area is 180 Å². The van der Waals surface area contributed by atoms with Gasteiger partial charge in [0.15, 0.2) is 17.3 Å². The summed E-state index contributed by atoms with van der Waals surface area (Å²) in [7, 11) is 1.27. The molecule has 1 aliphatic carbocycles. The maximum absolute atomic E-state index is 13.6. The summed E-state index contributed by atoms with van der Waals surface area (Å²) in [4.78, 5) is 38.9. The Hall–Kier alpha value is -3.29. The molecule has 8 heteroatoms. The van der Waals surface area contributed by atoms with E-state index in [4.69, 9.17) is 18.9 Å². The van der Waals surface area contributed by atoms with Gasteiger partial charge in [-0.05, 0) is 43.9 Å². The third-order valence-corrected chi connectivity index (χ3v) is 5.97. The number of esters is 2. The van der Waals surface area contributed by atoms with Crippen LogP contribution in [0.5, 0.6) is 11.5 Å². The van der Waals surface area contributed by atoms with Crippen molar-refractivity contribution in [2.75, 3.05) is 20.5 Å². The maximum Gasteiger partial charge on any atom is 0.336 e. The summed E-state index contributed by atoms with van der Waals surface area (Å²) in [6.45, 7) is 5.67. The molecule has 0 aromatic heterocycles.